The van der Waals surface area contributed by atoms with Crippen LogP contribution in [-0.4, -0.2) is 43.1 Å². The van der Waals surface area contributed by atoms with Gasteiger partial charge in [0.05, 0.1) is 6.54 Å². The fourth-order valence-electron chi connectivity index (χ4n) is 1.85. The maximum atomic E-state index is 11.8. The van der Waals surface area contributed by atoms with Gasteiger partial charge in [0, 0.05) is 30.0 Å². The van der Waals surface area contributed by atoms with Gasteiger partial charge in [-0.1, -0.05) is 15.9 Å². The maximum absolute atomic E-state index is 11.8. The third-order valence-corrected chi connectivity index (χ3v) is 3.44. The van der Waals surface area contributed by atoms with Crippen LogP contribution in [0.25, 0.3) is 0 Å². The molecule has 2 amide bonds. The van der Waals surface area contributed by atoms with Gasteiger partial charge in [0.2, 0.25) is 0 Å². The van der Waals surface area contributed by atoms with E-state index in [0.717, 1.165) is 4.47 Å². The number of halogens is 1. The average Bonchev–Trinajstić information content (AvgIpc) is 2.69. The van der Waals surface area contributed by atoms with Crippen molar-refractivity contribution in [1.82, 2.24) is 10.2 Å². The van der Waals surface area contributed by atoms with Crippen molar-refractivity contribution in [2.24, 2.45) is 0 Å². The lowest BCUT2D eigenvalue weighted by molar-refractivity contribution is 0.0944. The van der Waals surface area contributed by atoms with Gasteiger partial charge in [-0.15, -0.1) is 0 Å². The van der Waals surface area contributed by atoms with Crippen molar-refractivity contribution in [2.45, 2.75) is 12.5 Å². The van der Waals surface area contributed by atoms with E-state index in [1.54, 1.807) is 19.2 Å². The second-order valence-corrected chi connectivity index (χ2v) is 5.35. The van der Waals surface area contributed by atoms with Crippen LogP contribution in [0.3, 0.4) is 0 Å². The predicted molar refractivity (Wildman–Crippen MR) is 74.0 cm³/mol. The van der Waals surface area contributed by atoms with E-state index in [-0.39, 0.29) is 18.1 Å². The van der Waals surface area contributed by atoms with E-state index in [9.17, 15) is 9.59 Å². The SMILES string of the molecule is CN1CC(CCNC(=O)c2ccc(Br)cc2)OC1=O. The number of ether oxygens (including phenoxy) is 1. The van der Waals surface area contributed by atoms with Crippen LogP contribution in [0, 0.1) is 0 Å². The standard InChI is InChI=1S/C13H15BrN2O3/c1-16-8-11(19-13(16)18)6-7-15-12(17)9-2-4-10(14)5-3-9/h2-5,11H,6-8H2,1H3,(H,15,17). The Morgan fingerprint density at radius 2 is 2.16 bits per heavy atom. The van der Waals surface area contributed by atoms with E-state index < -0.39 is 0 Å². The summed E-state index contributed by atoms with van der Waals surface area (Å²) < 4.78 is 6.04. The number of nitrogens with one attached hydrogen (secondary N) is 1. The molecule has 0 saturated carbocycles. The highest BCUT2D eigenvalue weighted by Crippen LogP contribution is 2.12. The smallest absolute Gasteiger partial charge is 0.409 e. The molecule has 1 aromatic carbocycles. The van der Waals surface area contributed by atoms with E-state index in [4.69, 9.17) is 4.74 Å². The average molecular weight is 327 g/mol. The largest absolute Gasteiger partial charge is 0.444 e. The third kappa shape index (κ3) is 3.70. The van der Waals surface area contributed by atoms with Crippen LogP contribution in [0.15, 0.2) is 28.7 Å². The molecule has 1 aromatic rings. The van der Waals surface area contributed by atoms with E-state index in [1.165, 1.54) is 4.90 Å². The normalized spacial score (nSPS) is 18.3. The van der Waals surface area contributed by atoms with Crippen molar-refractivity contribution in [3.05, 3.63) is 34.3 Å². The molecule has 1 atom stereocenters. The van der Waals surface area contributed by atoms with Gasteiger partial charge in [-0.2, -0.15) is 0 Å². The summed E-state index contributed by atoms with van der Waals surface area (Å²) in [5.41, 5.74) is 0.615. The Labute approximate surface area is 120 Å². The zero-order chi connectivity index (χ0) is 13.8. The topological polar surface area (TPSA) is 58.6 Å². The number of rotatable bonds is 4. The number of carbonyl (C=O) groups excluding carboxylic acids is 2. The Morgan fingerprint density at radius 1 is 1.47 bits per heavy atom. The lowest BCUT2D eigenvalue weighted by Gasteiger charge is -2.09. The van der Waals surface area contributed by atoms with Gasteiger partial charge in [-0.25, -0.2) is 4.79 Å². The molecule has 1 unspecified atom stereocenters. The summed E-state index contributed by atoms with van der Waals surface area (Å²) in [6.45, 7) is 1.06. The number of carbonyl (C=O) groups is 2. The van der Waals surface area contributed by atoms with E-state index >= 15 is 0 Å². The van der Waals surface area contributed by atoms with Gasteiger partial charge >= 0.3 is 6.09 Å². The molecule has 0 bridgehead atoms. The Morgan fingerprint density at radius 3 is 2.74 bits per heavy atom. The first-order chi connectivity index (χ1) is 9.06. The van der Waals surface area contributed by atoms with Crippen LogP contribution in [0.2, 0.25) is 0 Å². The lowest BCUT2D eigenvalue weighted by Crippen LogP contribution is -2.28. The zero-order valence-corrected chi connectivity index (χ0v) is 12.1. The number of benzene rings is 1. The molecule has 0 radical (unpaired) electrons. The van der Waals surface area contributed by atoms with E-state index in [0.29, 0.717) is 25.1 Å². The maximum Gasteiger partial charge on any atom is 0.409 e. The Bertz CT molecular complexity index is 475. The lowest BCUT2D eigenvalue weighted by atomic mass is 10.2. The van der Waals surface area contributed by atoms with Crippen LogP contribution in [-0.2, 0) is 4.74 Å². The molecular formula is C13H15BrN2O3. The van der Waals surface area contributed by atoms with Gasteiger partial charge in [0.15, 0.2) is 0 Å². The van der Waals surface area contributed by atoms with Crippen molar-refractivity contribution in [2.75, 3.05) is 20.1 Å². The molecule has 1 fully saturated rings. The van der Waals surface area contributed by atoms with E-state index in [1.807, 2.05) is 12.1 Å². The summed E-state index contributed by atoms with van der Waals surface area (Å²) in [6, 6.07) is 7.15. The van der Waals surface area contributed by atoms with Gasteiger partial charge in [-0.3, -0.25) is 4.79 Å². The van der Waals surface area contributed by atoms with Crippen molar-refractivity contribution < 1.29 is 14.3 Å². The summed E-state index contributed by atoms with van der Waals surface area (Å²) in [4.78, 5) is 24.5. The zero-order valence-electron chi connectivity index (χ0n) is 10.6. The van der Waals surface area contributed by atoms with Crippen LogP contribution < -0.4 is 5.32 Å². The van der Waals surface area contributed by atoms with Crippen LogP contribution in [0.4, 0.5) is 4.79 Å². The van der Waals surface area contributed by atoms with Crippen molar-refractivity contribution in [3.63, 3.8) is 0 Å². The summed E-state index contributed by atoms with van der Waals surface area (Å²) in [6.07, 6.45) is 0.185. The Kier molecular flexibility index (Phi) is 4.42. The first-order valence-electron chi connectivity index (χ1n) is 6.02. The minimum absolute atomic E-state index is 0.120. The van der Waals surface area contributed by atoms with Crippen molar-refractivity contribution in [3.8, 4) is 0 Å². The fourth-order valence-corrected chi connectivity index (χ4v) is 2.11. The molecule has 0 aliphatic carbocycles. The van der Waals surface area contributed by atoms with Crippen LogP contribution >= 0.6 is 15.9 Å². The van der Waals surface area contributed by atoms with E-state index in [2.05, 4.69) is 21.2 Å². The molecule has 1 N–H and O–H groups in total. The number of likely N-dealkylation sites (N-methyl/N-ethyl adjacent to an activating group) is 1. The van der Waals surface area contributed by atoms with Gasteiger partial charge in [0.1, 0.15) is 6.10 Å². The molecule has 0 spiro atoms. The third-order valence-electron chi connectivity index (χ3n) is 2.91. The molecule has 19 heavy (non-hydrogen) atoms. The number of amides is 2. The minimum Gasteiger partial charge on any atom is -0.444 e. The van der Waals surface area contributed by atoms with Gasteiger partial charge in [-0.05, 0) is 24.3 Å². The predicted octanol–water partition coefficient (Wildman–Crippen LogP) is 2.02. The van der Waals surface area contributed by atoms with Crippen LogP contribution in [0.1, 0.15) is 16.8 Å². The molecular weight excluding hydrogens is 312 g/mol. The Balaban J connectivity index is 1.75. The number of hydrogen-bond donors (Lipinski definition) is 1. The van der Waals surface area contributed by atoms with Crippen molar-refractivity contribution in [1.29, 1.82) is 0 Å². The summed E-state index contributed by atoms with van der Waals surface area (Å²) in [5, 5.41) is 2.81. The number of cyclic esters (lactones) is 1. The molecule has 1 aliphatic rings. The minimum atomic E-state index is -0.302. The Hall–Kier alpha value is -1.56. The molecule has 5 nitrogen and oxygen atoms in total. The van der Waals surface area contributed by atoms with Gasteiger partial charge in [0.25, 0.3) is 5.91 Å². The van der Waals surface area contributed by atoms with Crippen molar-refractivity contribution >= 4 is 27.9 Å². The summed E-state index contributed by atoms with van der Waals surface area (Å²) in [5.74, 6) is -0.120. The quantitative estimate of drug-likeness (QED) is 0.920. The highest BCUT2D eigenvalue weighted by atomic mass is 79.9. The molecule has 102 valence electrons. The first-order valence-corrected chi connectivity index (χ1v) is 6.81. The van der Waals surface area contributed by atoms with Gasteiger partial charge < -0.3 is 15.0 Å². The first kappa shape index (κ1) is 13.9. The highest BCUT2D eigenvalue weighted by molar-refractivity contribution is 9.10. The fraction of sp³-hybridized carbons (Fsp3) is 0.385. The van der Waals surface area contributed by atoms with Crippen LogP contribution in [0.5, 0.6) is 0 Å². The molecule has 1 heterocycles. The highest BCUT2D eigenvalue weighted by Gasteiger charge is 2.27. The second-order valence-electron chi connectivity index (χ2n) is 4.44. The molecule has 1 aliphatic heterocycles. The summed E-state index contributed by atoms with van der Waals surface area (Å²) >= 11 is 3.32. The second kappa shape index (κ2) is 6.06. The molecule has 6 heteroatoms. The number of hydrogen-bond acceptors (Lipinski definition) is 3. The monoisotopic (exact) mass is 326 g/mol. The molecule has 0 aromatic heterocycles. The molecule has 1 saturated heterocycles. The summed E-state index contributed by atoms with van der Waals surface area (Å²) in [7, 11) is 1.70. The molecule has 2 rings (SSSR count). The number of nitrogens with zero attached hydrogens (tertiary/aromatic N) is 1.